The Morgan fingerprint density at radius 1 is 1.08 bits per heavy atom. The molecule has 0 bridgehead atoms. The van der Waals surface area contributed by atoms with Crippen molar-refractivity contribution in [3.63, 3.8) is 0 Å². The molecule has 0 fully saturated rings. The molecule has 1 unspecified atom stereocenters. The van der Waals surface area contributed by atoms with Gasteiger partial charge in [-0.25, -0.2) is 4.39 Å². The Bertz CT molecular complexity index is 969. The van der Waals surface area contributed by atoms with Crippen molar-refractivity contribution < 1.29 is 36.9 Å². The Hall–Kier alpha value is -2.77. The number of hydrogen-bond donors (Lipinski definition) is 1. The molecule has 0 amide bonds. The van der Waals surface area contributed by atoms with Gasteiger partial charge in [0.15, 0.2) is 0 Å². The van der Waals surface area contributed by atoms with Crippen LogP contribution in [0.1, 0.15) is 84.6 Å². The van der Waals surface area contributed by atoms with Crippen LogP contribution in [0.5, 0.6) is 11.5 Å². The Morgan fingerprint density at radius 2 is 1.67 bits per heavy atom. The van der Waals surface area contributed by atoms with Gasteiger partial charge < -0.3 is 14.6 Å². The maximum Gasteiger partial charge on any atom is 0.419 e. The highest BCUT2D eigenvalue weighted by Gasteiger charge is 2.36. The summed E-state index contributed by atoms with van der Waals surface area (Å²) in [7, 11) is 0. The van der Waals surface area contributed by atoms with E-state index in [1.807, 2.05) is 55.4 Å². The van der Waals surface area contributed by atoms with Gasteiger partial charge in [0, 0.05) is 17.5 Å². The second-order valence-corrected chi connectivity index (χ2v) is 8.15. The van der Waals surface area contributed by atoms with E-state index >= 15 is 0 Å². The number of carboxylic acids is 1. The summed E-state index contributed by atoms with van der Waals surface area (Å²) >= 11 is 0. The van der Waals surface area contributed by atoms with Crippen LogP contribution in [0.15, 0.2) is 30.3 Å². The zero-order valence-electron chi connectivity index (χ0n) is 22.8. The predicted molar refractivity (Wildman–Crippen MR) is 135 cm³/mol. The average Bonchev–Trinajstić information content (AvgIpc) is 3.15. The Balaban J connectivity index is 0.00000190. The van der Waals surface area contributed by atoms with Crippen LogP contribution in [0.2, 0.25) is 0 Å². The highest BCUT2D eigenvalue weighted by Crippen LogP contribution is 2.40. The van der Waals surface area contributed by atoms with Crippen molar-refractivity contribution in [3.05, 3.63) is 58.4 Å². The van der Waals surface area contributed by atoms with E-state index in [1.165, 1.54) is 25.1 Å². The minimum absolute atomic E-state index is 0.0426. The lowest BCUT2D eigenvalue weighted by Gasteiger charge is -2.19. The van der Waals surface area contributed by atoms with Crippen LogP contribution < -0.4 is 9.47 Å². The Labute approximate surface area is 212 Å². The van der Waals surface area contributed by atoms with E-state index < -0.39 is 40.8 Å². The zero-order chi connectivity index (χ0) is 28.3. The topological polar surface area (TPSA) is 55.8 Å². The number of aliphatic carboxylic acids is 1. The summed E-state index contributed by atoms with van der Waals surface area (Å²) in [5.74, 6) is -2.41. The zero-order valence-corrected chi connectivity index (χ0v) is 22.8. The molecule has 1 aliphatic rings. The third-order valence-corrected chi connectivity index (χ3v) is 4.90. The number of carbonyl (C=O) groups is 1. The van der Waals surface area contributed by atoms with Gasteiger partial charge in [0.05, 0.1) is 11.5 Å². The molecule has 1 N–H and O–H groups in total. The lowest BCUT2D eigenvalue weighted by atomic mass is 9.99. The first-order chi connectivity index (χ1) is 16.9. The van der Waals surface area contributed by atoms with Gasteiger partial charge in [0.2, 0.25) is 0 Å². The van der Waals surface area contributed by atoms with Crippen LogP contribution >= 0.6 is 0 Å². The highest BCUT2D eigenvalue weighted by atomic mass is 19.4. The quantitative estimate of drug-likeness (QED) is 0.391. The minimum atomic E-state index is -4.69. The molecule has 4 nitrogen and oxygen atoms in total. The fraction of sp³-hybridized carbons (Fsp3) is 0.536. The standard InChI is InChI=1S/C22H22F4O4.3C2H6/c1-12(20(27)28)6-13-4-5-18(17(7-13)22(24,25)26)29-11-15-9-16(23)8-14-10-21(2,3)30-19(14)15;3*1-2/h4-5,7-9,12H,6,10-11H2,1-3H3,(H,27,28);3*1-2H3. The first-order valence-electron chi connectivity index (χ1n) is 12.4. The predicted octanol–water partition coefficient (Wildman–Crippen LogP) is 8.48. The van der Waals surface area contributed by atoms with Crippen LogP contribution in [-0.4, -0.2) is 16.7 Å². The second kappa shape index (κ2) is 14.7. The first-order valence-corrected chi connectivity index (χ1v) is 12.4. The smallest absolute Gasteiger partial charge is 0.419 e. The van der Waals surface area contributed by atoms with Gasteiger partial charge in [0.1, 0.15) is 29.5 Å². The molecule has 36 heavy (non-hydrogen) atoms. The van der Waals surface area contributed by atoms with E-state index in [0.29, 0.717) is 23.3 Å². The number of alkyl halides is 3. The highest BCUT2D eigenvalue weighted by molar-refractivity contribution is 5.70. The lowest BCUT2D eigenvalue weighted by Crippen LogP contribution is -2.25. The van der Waals surface area contributed by atoms with Crippen LogP contribution in [0.25, 0.3) is 0 Å². The molecule has 1 atom stereocenters. The fourth-order valence-corrected chi connectivity index (χ4v) is 3.50. The number of rotatable bonds is 6. The van der Waals surface area contributed by atoms with Crippen molar-refractivity contribution in [2.45, 2.75) is 93.5 Å². The van der Waals surface area contributed by atoms with Gasteiger partial charge in [-0.15, -0.1) is 0 Å². The second-order valence-electron chi connectivity index (χ2n) is 8.15. The molecule has 2 aromatic carbocycles. The van der Waals surface area contributed by atoms with E-state index in [1.54, 1.807) is 0 Å². The van der Waals surface area contributed by atoms with E-state index in [4.69, 9.17) is 14.6 Å². The number of carboxylic acid groups (broad SMARTS) is 1. The summed E-state index contributed by atoms with van der Waals surface area (Å²) < 4.78 is 65.9. The minimum Gasteiger partial charge on any atom is -0.488 e. The molecule has 0 saturated heterocycles. The molecule has 1 heterocycles. The largest absolute Gasteiger partial charge is 0.488 e. The third-order valence-electron chi connectivity index (χ3n) is 4.90. The number of ether oxygens (including phenoxy) is 2. The molecule has 0 aliphatic carbocycles. The molecular formula is C28H40F4O4. The first kappa shape index (κ1) is 33.2. The summed E-state index contributed by atoms with van der Waals surface area (Å²) in [6.07, 6.45) is -4.25. The summed E-state index contributed by atoms with van der Waals surface area (Å²) in [6, 6.07) is 6.00. The molecule has 0 radical (unpaired) electrons. The summed E-state index contributed by atoms with van der Waals surface area (Å²) in [5.41, 5.74) is -0.335. The Morgan fingerprint density at radius 3 is 2.19 bits per heavy atom. The maximum absolute atomic E-state index is 14.0. The van der Waals surface area contributed by atoms with Crippen molar-refractivity contribution >= 4 is 5.97 Å². The van der Waals surface area contributed by atoms with Crippen LogP contribution in [0.4, 0.5) is 17.6 Å². The molecule has 1 aliphatic heterocycles. The van der Waals surface area contributed by atoms with Crippen molar-refractivity contribution in [3.8, 4) is 11.5 Å². The molecule has 3 rings (SSSR count). The molecule has 0 aromatic heterocycles. The van der Waals surface area contributed by atoms with E-state index in [-0.39, 0.29) is 18.6 Å². The number of fused-ring (bicyclic) bond motifs is 1. The SMILES string of the molecule is CC.CC.CC.CC(Cc1ccc(OCc2cc(F)cc3c2OC(C)(C)C3)c(C(F)(F)F)c1)C(=O)O. The summed E-state index contributed by atoms with van der Waals surface area (Å²) in [4.78, 5) is 11.0. The van der Waals surface area contributed by atoms with Crippen molar-refractivity contribution in [2.75, 3.05) is 0 Å². The summed E-state index contributed by atoms with van der Waals surface area (Å²) in [6.45, 7) is 16.8. The van der Waals surface area contributed by atoms with Gasteiger partial charge in [-0.2, -0.15) is 13.2 Å². The van der Waals surface area contributed by atoms with Gasteiger partial charge in [-0.3, -0.25) is 4.79 Å². The molecule has 8 heteroatoms. The molecule has 0 spiro atoms. The molecular weight excluding hydrogens is 476 g/mol. The van der Waals surface area contributed by atoms with Gasteiger partial charge >= 0.3 is 12.1 Å². The number of halogens is 4. The van der Waals surface area contributed by atoms with Crippen LogP contribution in [0.3, 0.4) is 0 Å². The van der Waals surface area contributed by atoms with Crippen molar-refractivity contribution in [1.29, 1.82) is 0 Å². The molecule has 0 saturated carbocycles. The van der Waals surface area contributed by atoms with Crippen molar-refractivity contribution in [2.24, 2.45) is 5.92 Å². The Kier molecular flexibility index (Phi) is 13.6. The summed E-state index contributed by atoms with van der Waals surface area (Å²) in [5, 5.41) is 8.98. The van der Waals surface area contributed by atoms with Crippen LogP contribution in [-0.2, 0) is 30.4 Å². The van der Waals surface area contributed by atoms with Gasteiger partial charge in [0.25, 0.3) is 0 Å². The fourth-order valence-electron chi connectivity index (χ4n) is 3.50. The van der Waals surface area contributed by atoms with E-state index in [2.05, 4.69) is 0 Å². The average molecular weight is 517 g/mol. The normalized spacial score (nSPS) is 13.8. The maximum atomic E-state index is 14.0. The third kappa shape index (κ3) is 9.36. The monoisotopic (exact) mass is 516 g/mol. The lowest BCUT2D eigenvalue weighted by molar-refractivity contribution is -0.141. The molecule has 2 aromatic rings. The van der Waals surface area contributed by atoms with E-state index in [0.717, 1.165) is 12.1 Å². The number of hydrogen-bond acceptors (Lipinski definition) is 3. The van der Waals surface area contributed by atoms with Crippen LogP contribution in [0, 0.1) is 11.7 Å². The van der Waals surface area contributed by atoms with Gasteiger partial charge in [-0.1, -0.05) is 54.5 Å². The number of benzene rings is 2. The van der Waals surface area contributed by atoms with E-state index in [9.17, 15) is 22.4 Å². The van der Waals surface area contributed by atoms with Gasteiger partial charge in [-0.05, 0) is 50.1 Å². The van der Waals surface area contributed by atoms with Crippen molar-refractivity contribution in [1.82, 2.24) is 0 Å². The molecule has 204 valence electrons.